The number of H-pyrrole nitrogens is 1. The highest BCUT2D eigenvalue weighted by atomic mass is 35.5. The molecule has 2 N–H and O–H groups in total. The summed E-state index contributed by atoms with van der Waals surface area (Å²) < 4.78 is 13.4. The molecule has 1 heterocycles. The van der Waals surface area contributed by atoms with Gasteiger partial charge in [-0.1, -0.05) is 11.6 Å². The van der Waals surface area contributed by atoms with E-state index < -0.39 is 5.82 Å². The molecule has 1 aromatic heterocycles. The van der Waals surface area contributed by atoms with E-state index in [2.05, 4.69) is 20.5 Å². The van der Waals surface area contributed by atoms with Gasteiger partial charge in [0.15, 0.2) is 5.82 Å². The fourth-order valence-electron chi connectivity index (χ4n) is 2.40. The van der Waals surface area contributed by atoms with Crippen LogP contribution < -0.4 is 5.32 Å². The molecule has 0 aliphatic rings. The molecule has 1 amide bonds. The number of benzene rings is 2. The zero-order chi connectivity index (χ0) is 17.8. The lowest BCUT2D eigenvalue weighted by Crippen LogP contribution is -2.26. The maximum absolute atomic E-state index is 13.4. The number of amides is 1. The Morgan fingerprint density at radius 1 is 1.24 bits per heavy atom. The number of aryl methyl sites for hydroxylation is 1. The highest BCUT2D eigenvalue weighted by molar-refractivity contribution is 6.30. The number of aromatic nitrogens is 3. The second-order valence-corrected chi connectivity index (χ2v) is 6.07. The van der Waals surface area contributed by atoms with Crippen molar-refractivity contribution in [2.75, 3.05) is 6.54 Å². The predicted molar refractivity (Wildman–Crippen MR) is 94.0 cm³/mol. The van der Waals surface area contributed by atoms with E-state index in [1.165, 1.54) is 12.1 Å². The van der Waals surface area contributed by atoms with Gasteiger partial charge in [0.2, 0.25) is 0 Å². The van der Waals surface area contributed by atoms with E-state index in [4.69, 9.17) is 11.6 Å². The van der Waals surface area contributed by atoms with E-state index in [1.54, 1.807) is 25.1 Å². The van der Waals surface area contributed by atoms with Crippen LogP contribution in [-0.2, 0) is 6.42 Å². The number of halogens is 2. The third-order valence-electron chi connectivity index (χ3n) is 3.59. The van der Waals surface area contributed by atoms with Crippen LogP contribution in [-0.4, -0.2) is 27.6 Å². The van der Waals surface area contributed by atoms with Crippen molar-refractivity contribution in [1.29, 1.82) is 0 Å². The Morgan fingerprint density at radius 3 is 2.72 bits per heavy atom. The van der Waals surface area contributed by atoms with Gasteiger partial charge in [0, 0.05) is 29.1 Å². The summed E-state index contributed by atoms with van der Waals surface area (Å²) in [7, 11) is 0. The van der Waals surface area contributed by atoms with Gasteiger partial charge in [-0.2, -0.15) is 5.10 Å². The molecule has 0 fully saturated rings. The summed E-state index contributed by atoms with van der Waals surface area (Å²) in [6.45, 7) is 2.11. The number of rotatable bonds is 5. The molecule has 128 valence electrons. The third-order valence-corrected chi connectivity index (χ3v) is 3.84. The van der Waals surface area contributed by atoms with Gasteiger partial charge in [-0.3, -0.25) is 9.89 Å². The van der Waals surface area contributed by atoms with Gasteiger partial charge in [-0.25, -0.2) is 9.37 Å². The van der Waals surface area contributed by atoms with Gasteiger partial charge in [0.25, 0.3) is 5.91 Å². The lowest BCUT2D eigenvalue weighted by atomic mass is 10.1. The second kappa shape index (κ2) is 7.44. The average molecular weight is 359 g/mol. The number of nitrogens with one attached hydrogen (secondary N) is 2. The fraction of sp³-hybridized carbons (Fsp3) is 0.167. The number of hydrogen-bond donors (Lipinski definition) is 2. The zero-order valence-electron chi connectivity index (χ0n) is 13.5. The van der Waals surface area contributed by atoms with E-state index in [-0.39, 0.29) is 5.91 Å². The summed E-state index contributed by atoms with van der Waals surface area (Å²) in [5, 5.41) is 10.4. The fourth-order valence-corrected chi connectivity index (χ4v) is 2.53. The van der Waals surface area contributed by atoms with Gasteiger partial charge in [0.1, 0.15) is 11.6 Å². The molecule has 25 heavy (non-hydrogen) atoms. The smallest absolute Gasteiger partial charge is 0.251 e. The summed E-state index contributed by atoms with van der Waals surface area (Å²) in [4.78, 5) is 16.4. The van der Waals surface area contributed by atoms with E-state index in [9.17, 15) is 9.18 Å². The SMILES string of the molecule is Cc1cc(F)cc(C(=O)NCCc2nc(-c3ccc(Cl)cc3)n[nH]2)c1. The van der Waals surface area contributed by atoms with Crippen LogP contribution in [0.3, 0.4) is 0 Å². The monoisotopic (exact) mass is 358 g/mol. The molecular formula is C18H16ClFN4O. The molecule has 3 rings (SSSR count). The van der Waals surface area contributed by atoms with E-state index in [0.717, 1.165) is 5.56 Å². The Morgan fingerprint density at radius 2 is 2.00 bits per heavy atom. The van der Waals surface area contributed by atoms with E-state index >= 15 is 0 Å². The molecule has 0 saturated heterocycles. The summed E-state index contributed by atoms with van der Waals surface area (Å²) in [5.41, 5.74) is 1.86. The van der Waals surface area contributed by atoms with E-state index in [0.29, 0.717) is 40.8 Å². The average Bonchev–Trinajstić information content (AvgIpc) is 3.03. The van der Waals surface area contributed by atoms with Crippen molar-refractivity contribution < 1.29 is 9.18 Å². The molecule has 0 bridgehead atoms. The van der Waals surface area contributed by atoms with Crippen molar-refractivity contribution in [2.24, 2.45) is 0 Å². The van der Waals surface area contributed by atoms with Crippen LogP contribution in [0.5, 0.6) is 0 Å². The highest BCUT2D eigenvalue weighted by Gasteiger charge is 2.09. The van der Waals surface area contributed by atoms with Crippen molar-refractivity contribution in [3.05, 3.63) is 70.3 Å². The van der Waals surface area contributed by atoms with Crippen LogP contribution in [0.25, 0.3) is 11.4 Å². The van der Waals surface area contributed by atoms with Crippen molar-refractivity contribution in [3.63, 3.8) is 0 Å². The van der Waals surface area contributed by atoms with Crippen LogP contribution in [0.1, 0.15) is 21.7 Å². The van der Waals surface area contributed by atoms with Crippen molar-refractivity contribution in [2.45, 2.75) is 13.3 Å². The minimum atomic E-state index is -0.423. The number of carbonyl (C=O) groups is 1. The zero-order valence-corrected chi connectivity index (χ0v) is 14.3. The van der Waals surface area contributed by atoms with Crippen LogP contribution in [0, 0.1) is 12.7 Å². The first kappa shape index (κ1) is 17.1. The normalized spacial score (nSPS) is 10.7. The minimum Gasteiger partial charge on any atom is -0.352 e. The third kappa shape index (κ3) is 4.42. The number of hydrogen-bond acceptors (Lipinski definition) is 3. The van der Waals surface area contributed by atoms with Crippen molar-refractivity contribution >= 4 is 17.5 Å². The van der Waals surface area contributed by atoms with Crippen molar-refractivity contribution in [1.82, 2.24) is 20.5 Å². The van der Waals surface area contributed by atoms with Crippen LogP contribution in [0.4, 0.5) is 4.39 Å². The quantitative estimate of drug-likeness (QED) is 0.732. The first-order valence-corrected chi connectivity index (χ1v) is 8.12. The molecule has 2 aromatic carbocycles. The second-order valence-electron chi connectivity index (χ2n) is 5.64. The maximum Gasteiger partial charge on any atom is 0.251 e. The molecule has 0 radical (unpaired) electrons. The largest absolute Gasteiger partial charge is 0.352 e. The number of aromatic amines is 1. The first-order valence-electron chi connectivity index (χ1n) is 7.74. The molecule has 3 aromatic rings. The highest BCUT2D eigenvalue weighted by Crippen LogP contribution is 2.17. The lowest BCUT2D eigenvalue weighted by Gasteiger charge is -2.05. The molecule has 7 heteroatoms. The van der Waals surface area contributed by atoms with Gasteiger partial charge in [-0.15, -0.1) is 0 Å². The van der Waals surface area contributed by atoms with Gasteiger partial charge in [-0.05, 0) is 55.0 Å². The van der Waals surface area contributed by atoms with Crippen LogP contribution in [0.15, 0.2) is 42.5 Å². The Labute approximate surface area is 149 Å². The minimum absolute atomic E-state index is 0.303. The van der Waals surface area contributed by atoms with E-state index in [1.807, 2.05) is 12.1 Å². The number of nitrogens with zero attached hydrogens (tertiary/aromatic N) is 2. The summed E-state index contributed by atoms with van der Waals surface area (Å²) in [6, 6.07) is 11.5. The molecular weight excluding hydrogens is 343 g/mol. The number of carbonyl (C=O) groups excluding carboxylic acids is 1. The Kier molecular flexibility index (Phi) is 5.09. The van der Waals surface area contributed by atoms with Crippen LogP contribution in [0.2, 0.25) is 5.02 Å². The molecule has 0 aliphatic heterocycles. The molecule has 0 atom stereocenters. The summed E-state index contributed by atoms with van der Waals surface area (Å²) in [6.07, 6.45) is 0.487. The molecule has 5 nitrogen and oxygen atoms in total. The summed E-state index contributed by atoms with van der Waals surface area (Å²) in [5.74, 6) is 0.479. The van der Waals surface area contributed by atoms with Crippen LogP contribution >= 0.6 is 11.6 Å². The molecule has 0 spiro atoms. The summed E-state index contributed by atoms with van der Waals surface area (Å²) >= 11 is 5.86. The molecule has 0 aliphatic carbocycles. The van der Waals surface area contributed by atoms with Crippen molar-refractivity contribution in [3.8, 4) is 11.4 Å². The lowest BCUT2D eigenvalue weighted by molar-refractivity contribution is 0.0953. The maximum atomic E-state index is 13.4. The van der Waals surface area contributed by atoms with Gasteiger partial charge >= 0.3 is 0 Å². The van der Waals surface area contributed by atoms with Gasteiger partial charge < -0.3 is 5.32 Å². The molecule has 0 unspecified atom stereocenters. The van der Waals surface area contributed by atoms with Gasteiger partial charge in [0.05, 0.1) is 0 Å². The Balaban J connectivity index is 1.57. The first-order chi connectivity index (χ1) is 12.0. The standard InChI is InChI=1S/C18H16ClFN4O/c1-11-8-13(10-15(20)9-11)18(25)21-7-6-16-22-17(24-23-16)12-2-4-14(19)5-3-12/h2-5,8-10H,6-7H2,1H3,(H,21,25)(H,22,23,24). The predicted octanol–water partition coefficient (Wildman–Crippen LogP) is 3.55. The Bertz CT molecular complexity index is 872. The Hall–Kier alpha value is -2.73. The topological polar surface area (TPSA) is 70.7 Å². The molecule has 0 saturated carbocycles.